The van der Waals surface area contributed by atoms with Gasteiger partial charge in [0.05, 0.1) is 12.0 Å². The van der Waals surface area contributed by atoms with E-state index in [9.17, 15) is 4.79 Å². The fraction of sp³-hybridized carbons (Fsp3) is 0.0435. The molecule has 5 heteroatoms. The monoisotopic (exact) mass is 386 g/mol. The molecule has 0 atom stereocenters. The first kappa shape index (κ1) is 17.9. The first-order valence-corrected chi connectivity index (χ1v) is 9.63. The van der Waals surface area contributed by atoms with Crippen molar-refractivity contribution in [2.24, 2.45) is 0 Å². The lowest BCUT2D eigenvalue weighted by atomic mass is 10.1. The first-order chi connectivity index (χ1) is 13.7. The van der Waals surface area contributed by atoms with Crippen LogP contribution in [-0.2, 0) is 0 Å². The summed E-state index contributed by atoms with van der Waals surface area (Å²) < 4.78 is 5.24. The normalized spacial score (nSPS) is 10.5. The molecule has 4 rings (SSSR count). The molecule has 0 saturated carbocycles. The van der Waals surface area contributed by atoms with Crippen molar-refractivity contribution in [3.8, 4) is 26.8 Å². The molecule has 3 aromatic carbocycles. The number of anilines is 1. The quantitative estimate of drug-likeness (QED) is 0.476. The van der Waals surface area contributed by atoms with Gasteiger partial charge in [-0.1, -0.05) is 48.5 Å². The molecule has 0 fully saturated rings. The van der Waals surface area contributed by atoms with Gasteiger partial charge in [0.15, 0.2) is 0 Å². The lowest BCUT2D eigenvalue weighted by Crippen LogP contribution is -2.13. The minimum absolute atomic E-state index is 0.226. The highest BCUT2D eigenvalue weighted by atomic mass is 32.1. The first-order valence-electron chi connectivity index (χ1n) is 8.81. The van der Waals surface area contributed by atoms with Crippen molar-refractivity contribution < 1.29 is 9.53 Å². The predicted molar refractivity (Wildman–Crippen MR) is 114 cm³/mol. The van der Waals surface area contributed by atoms with Gasteiger partial charge in [-0.2, -0.15) is 0 Å². The summed E-state index contributed by atoms with van der Waals surface area (Å²) >= 11 is 1.51. The van der Waals surface area contributed by atoms with Crippen LogP contribution >= 0.6 is 11.3 Å². The average molecular weight is 386 g/mol. The summed E-state index contributed by atoms with van der Waals surface area (Å²) in [5.41, 5.74) is 3.07. The van der Waals surface area contributed by atoms with Crippen LogP contribution in [0.1, 0.15) is 10.5 Å². The Labute approximate surface area is 167 Å². The van der Waals surface area contributed by atoms with Crippen molar-refractivity contribution in [3.05, 3.63) is 90.6 Å². The van der Waals surface area contributed by atoms with E-state index in [1.165, 1.54) is 11.3 Å². The number of amides is 1. The van der Waals surface area contributed by atoms with Crippen LogP contribution in [0.4, 0.5) is 5.69 Å². The SMILES string of the molecule is COc1ccc(-c2sc(-c3ccccc3)nc2C(=O)Nc2ccccc2)cc1. The summed E-state index contributed by atoms with van der Waals surface area (Å²) in [7, 11) is 1.63. The highest BCUT2D eigenvalue weighted by Crippen LogP contribution is 2.36. The van der Waals surface area contributed by atoms with E-state index in [0.29, 0.717) is 5.69 Å². The van der Waals surface area contributed by atoms with Gasteiger partial charge in [-0.05, 0) is 42.0 Å². The maximum atomic E-state index is 13.0. The number of rotatable bonds is 5. The van der Waals surface area contributed by atoms with Crippen LogP contribution in [0.5, 0.6) is 5.75 Å². The Hall–Kier alpha value is -3.44. The van der Waals surface area contributed by atoms with E-state index in [-0.39, 0.29) is 5.91 Å². The van der Waals surface area contributed by atoms with Gasteiger partial charge in [-0.25, -0.2) is 4.98 Å². The number of hydrogen-bond donors (Lipinski definition) is 1. The van der Waals surface area contributed by atoms with E-state index in [0.717, 1.165) is 32.4 Å². The van der Waals surface area contributed by atoms with E-state index < -0.39 is 0 Å². The molecular formula is C23H18N2O2S. The largest absolute Gasteiger partial charge is 0.497 e. The molecule has 0 aliphatic carbocycles. The molecular weight excluding hydrogens is 368 g/mol. The molecule has 0 unspecified atom stereocenters. The number of ether oxygens (including phenoxy) is 1. The Balaban J connectivity index is 1.76. The topological polar surface area (TPSA) is 51.2 Å². The van der Waals surface area contributed by atoms with Gasteiger partial charge < -0.3 is 10.1 Å². The van der Waals surface area contributed by atoms with Gasteiger partial charge in [0.1, 0.15) is 16.5 Å². The standard InChI is InChI=1S/C23H18N2O2S/c1-27-19-14-12-16(13-15-19)21-20(22(26)24-18-10-6-3-7-11-18)25-23(28-21)17-8-4-2-5-9-17/h2-15H,1H3,(H,24,26). The molecule has 4 aromatic rings. The highest BCUT2D eigenvalue weighted by molar-refractivity contribution is 7.18. The minimum atomic E-state index is -0.226. The van der Waals surface area contributed by atoms with Crippen LogP contribution < -0.4 is 10.1 Å². The van der Waals surface area contributed by atoms with Gasteiger partial charge in [0, 0.05) is 11.3 Å². The second kappa shape index (κ2) is 8.06. The molecule has 28 heavy (non-hydrogen) atoms. The van der Waals surface area contributed by atoms with E-state index in [2.05, 4.69) is 10.3 Å². The average Bonchev–Trinajstić information content (AvgIpc) is 3.21. The molecule has 0 bridgehead atoms. The number of benzene rings is 3. The summed E-state index contributed by atoms with van der Waals surface area (Å²) in [6, 6.07) is 26.9. The number of para-hydroxylation sites is 1. The summed E-state index contributed by atoms with van der Waals surface area (Å²) in [6.07, 6.45) is 0. The second-order valence-electron chi connectivity index (χ2n) is 6.11. The van der Waals surface area contributed by atoms with Crippen molar-refractivity contribution in [2.75, 3.05) is 12.4 Å². The second-order valence-corrected chi connectivity index (χ2v) is 7.11. The van der Waals surface area contributed by atoms with Crippen LogP contribution in [0.2, 0.25) is 0 Å². The van der Waals surface area contributed by atoms with Gasteiger partial charge in [0.25, 0.3) is 5.91 Å². The number of nitrogens with one attached hydrogen (secondary N) is 1. The molecule has 138 valence electrons. The zero-order chi connectivity index (χ0) is 19.3. The van der Waals surface area contributed by atoms with Crippen molar-refractivity contribution in [3.63, 3.8) is 0 Å². The molecule has 0 aliphatic heterocycles. The summed E-state index contributed by atoms with van der Waals surface area (Å²) in [4.78, 5) is 18.5. The minimum Gasteiger partial charge on any atom is -0.497 e. The zero-order valence-electron chi connectivity index (χ0n) is 15.3. The maximum absolute atomic E-state index is 13.0. The Morgan fingerprint density at radius 1 is 0.857 bits per heavy atom. The lowest BCUT2D eigenvalue weighted by molar-refractivity contribution is 0.102. The van der Waals surface area contributed by atoms with E-state index in [1.54, 1.807) is 7.11 Å². The molecule has 0 aliphatic rings. The fourth-order valence-electron chi connectivity index (χ4n) is 2.83. The van der Waals surface area contributed by atoms with Gasteiger partial charge in [0.2, 0.25) is 0 Å². The molecule has 1 aromatic heterocycles. The van der Waals surface area contributed by atoms with Crippen molar-refractivity contribution >= 4 is 22.9 Å². The van der Waals surface area contributed by atoms with E-state index in [4.69, 9.17) is 4.74 Å². The van der Waals surface area contributed by atoms with Gasteiger partial charge in [-0.3, -0.25) is 4.79 Å². The Bertz CT molecular complexity index is 1070. The fourth-order valence-corrected chi connectivity index (χ4v) is 3.90. The van der Waals surface area contributed by atoms with Crippen LogP contribution in [0.25, 0.3) is 21.0 Å². The third kappa shape index (κ3) is 3.80. The highest BCUT2D eigenvalue weighted by Gasteiger charge is 2.20. The molecule has 0 saturated heterocycles. The molecule has 0 spiro atoms. The smallest absolute Gasteiger partial charge is 0.275 e. The van der Waals surface area contributed by atoms with Crippen molar-refractivity contribution in [2.45, 2.75) is 0 Å². The number of aromatic nitrogens is 1. The molecule has 1 amide bonds. The number of methoxy groups -OCH3 is 1. The number of carbonyl (C=O) groups is 1. The van der Waals surface area contributed by atoms with Crippen LogP contribution in [0.15, 0.2) is 84.9 Å². The third-order valence-corrected chi connectivity index (χ3v) is 5.40. The Kier molecular flexibility index (Phi) is 5.17. The summed E-state index contributed by atoms with van der Waals surface area (Å²) in [5, 5.41) is 3.75. The number of carbonyl (C=O) groups excluding carboxylic acids is 1. The predicted octanol–water partition coefficient (Wildman–Crippen LogP) is 5.74. The molecule has 4 nitrogen and oxygen atoms in total. The maximum Gasteiger partial charge on any atom is 0.275 e. The summed E-state index contributed by atoms with van der Waals surface area (Å²) in [6.45, 7) is 0. The molecule has 1 N–H and O–H groups in total. The Morgan fingerprint density at radius 2 is 1.50 bits per heavy atom. The summed E-state index contributed by atoms with van der Waals surface area (Å²) in [5.74, 6) is 0.544. The van der Waals surface area contributed by atoms with Crippen molar-refractivity contribution in [1.29, 1.82) is 0 Å². The van der Waals surface area contributed by atoms with Crippen LogP contribution in [0.3, 0.4) is 0 Å². The number of hydrogen-bond acceptors (Lipinski definition) is 4. The van der Waals surface area contributed by atoms with Crippen molar-refractivity contribution in [1.82, 2.24) is 4.98 Å². The van der Waals surface area contributed by atoms with Gasteiger partial charge in [-0.15, -0.1) is 11.3 Å². The number of thiazole rings is 1. The van der Waals surface area contributed by atoms with Gasteiger partial charge >= 0.3 is 0 Å². The van der Waals surface area contributed by atoms with E-state index >= 15 is 0 Å². The lowest BCUT2D eigenvalue weighted by Gasteiger charge is -2.06. The van der Waals surface area contributed by atoms with Crippen LogP contribution in [-0.4, -0.2) is 18.0 Å². The zero-order valence-corrected chi connectivity index (χ0v) is 16.1. The number of nitrogens with zero attached hydrogens (tertiary/aromatic N) is 1. The Morgan fingerprint density at radius 3 is 2.14 bits per heavy atom. The molecule has 0 radical (unpaired) electrons. The molecule has 1 heterocycles. The third-order valence-electron chi connectivity index (χ3n) is 4.25. The van der Waals surface area contributed by atoms with E-state index in [1.807, 2.05) is 84.9 Å². The van der Waals surface area contributed by atoms with Crippen LogP contribution in [0, 0.1) is 0 Å².